The number of aromatic nitrogens is 6. The van der Waals surface area contributed by atoms with Crippen molar-refractivity contribution in [2.45, 2.75) is 90.3 Å². The molecule has 0 radical (unpaired) electrons. The van der Waals surface area contributed by atoms with Crippen LogP contribution in [0.1, 0.15) is 57.8 Å². The Bertz CT molecular complexity index is 2980. The summed E-state index contributed by atoms with van der Waals surface area (Å²) in [5.74, 6) is 2.77. The molecule has 0 saturated carbocycles. The van der Waals surface area contributed by atoms with Crippen LogP contribution in [0.5, 0.6) is 23.0 Å². The van der Waals surface area contributed by atoms with E-state index in [1.807, 2.05) is 63.7 Å². The third-order valence-corrected chi connectivity index (χ3v) is 13.6. The fraction of sp³-hybridized carbons (Fsp3) is 0.491. The highest BCUT2D eigenvalue weighted by molar-refractivity contribution is 5.79. The van der Waals surface area contributed by atoms with Crippen molar-refractivity contribution >= 4 is 39.5 Å². The van der Waals surface area contributed by atoms with E-state index in [1.54, 1.807) is 58.5 Å². The standard InChI is InChI=1S/C29H38N6O5.C24H30N6O3/c1-29(2,3)40-28(37)35(19-21-16-25-26(18-31-21)39-14-13-38-25)22-7-9-33(10-8-22)11-12-34-24-15-20(30-4)17-32-23(24)5-6-27(34)36;1-25-18-12-21-20(28-14-18)2-3-24(31)30(21)9-8-29-6-4-17(5-7-29)26-15-19-13-22-23(16-27-19)33-11-10-32-22/h5-6,15-18,22,30H,7-14,19H2,1-4H3;2-3,12-14,16-17,25-26H,4-11,15H2,1H3. The van der Waals surface area contributed by atoms with Gasteiger partial charge in [0.1, 0.15) is 32.0 Å². The molecule has 6 aromatic rings. The molecular formula is C53H68N12O8. The van der Waals surface area contributed by atoms with Gasteiger partial charge in [0.15, 0.2) is 23.0 Å². The van der Waals surface area contributed by atoms with E-state index in [0.717, 1.165) is 121 Å². The molecule has 10 heterocycles. The van der Waals surface area contributed by atoms with Crippen LogP contribution in [-0.2, 0) is 30.9 Å². The van der Waals surface area contributed by atoms with Crippen molar-refractivity contribution in [3.8, 4) is 23.0 Å². The lowest BCUT2D eigenvalue weighted by Gasteiger charge is -2.39. The molecule has 4 aliphatic rings. The number of hydrogen-bond acceptors (Lipinski definition) is 17. The average Bonchev–Trinajstić information content (AvgIpc) is 3.41. The number of pyridine rings is 6. The van der Waals surface area contributed by atoms with Crippen LogP contribution in [0.3, 0.4) is 0 Å². The van der Waals surface area contributed by atoms with E-state index in [2.05, 4.69) is 45.7 Å². The second kappa shape index (κ2) is 23.2. The van der Waals surface area contributed by atoms with Crippen molar-refractivity contribution < 1.29 is 28.5 Å². The number of nitrogens with zero attached hydrogens (tertiary/aromatic N) is 9. The largest absolute Gasteiger partial charge is 0.486 e. The van der Waals surface area contributed by atoms with Crippen LogP contribution >= 0.6 is 0 Å². The summed E-state index contributed by atoms with van der Waals surface area (Å²) in [6, 6.07) is 15.0. The molecule has 0 atom stereocenters. The quantitative estimate of drug-likeness (QED) is 0.126. The minimum Gasteiger partial charge on any atom is -0.486 e. The molecule has 1 amide bonds. The van der Waals surface area contributed by atoms with Gasteiger partial charge in [-0.1, -0.05) is 0 Å². The van der Waals surface area contributed by atoms with E-state index in [9.17, 15) is 14.4 Å². The lowest BCUT2D eigenvalue weighted by atomic mass is 10.0. The van der Waals surface area contributed by atoms with Crippen molar-refractivity contribution in [2.75, 3.05) is 90.4 Å². The average molecular weight is 1000 g/mol. The first-order chi connectivity index (χ1) is 35.4. The molecule has 20 nitrogen and oxygen atoms in total. The van der Waals surface area contributed by atoms with Gasteiger partial charge in [0, 0.05) is 96.3 Å². The summed E-state index contributed by atoms with van der Waals surface area (Å²) >= 11 is 0. The molecule has 388 valence electrons. The molecular weight excluding hydrogens is 933 g/mol. The molecule has 20 heteroatoms. The Balaban J connectivity index is 0.000000183. The Hall–Kier alpha value is -7.03. The predicted molar refractivity (Wildman–Crippen MR) is 279 cm³/mol. The van der Waals surface area contributed by atoms with Crippen LogP contribution in [-0.4, -0.2) is 147 Å². The highest BCUT2D eigenvalue weighted by atomic mass is 16.6. The van der Waals surface area contributed by atoms with Crippen molar-refractivity contribution in [2.24, 2.45) is 0 Å². The minimum absolute atomic E-state index is 0.00349. The highest BCUT2D eigenvalue weighted by Gasteiger charge is 2.32. The second-order valence-corrected chi connectivity index (χ2v) is 19.7. The van der Waals surface area contributed by atoms with E-state index < -0.39 is 5.60 Å². The number of amides is 1. The van der Waals surface area contributed by atoms with Gasteiger partial charge >= 0.3 is 6.09 Å². The molecule has 2 fully saturated rings. The van der Waals surface area contributed by atoms with Gasteiger partial charge in [-0.05, 0) is 83.8 Å². The van der Waals surface area contributed by atoms with E-state index in [1.165, 1.54) is 0 Å². The van der Waals surface area contributed by atoms with Crippen molar-refractivity contribution in [1.82, 2.24) is 49.1 Å². The summed E-state index contributed by atoms with van der Waals surface area (Å²) < 4.78 is 31.9. The zero-order valence-corrected chi connectivity index (χ0v) is 42.6. The summed E-state index contributed by atoms with van der Waals surface area (Å²) in [7, 11) is 3.69. The maximum Gasteiger partial charge on any atom is 0.410 e. The van der Waals surface area contributed by atoms with Gasteiger partial charge in [-0.2, -0.15) is 0 Å². The zero-order chi connectivity index (χ0) is 50.9. The Kier molecular flexibility index (Phi) is 16.2. The smallest absolute Gasteiger partial charge is 0.410 e. The first-order valence-corrected chi connectivity index (χ1v) is 25.4. The number of fused-ring (bicyclic) bond motifs is 4. The van der Waals surface area contributed by atoms with Crippen molar-refractivity contribution in [1.29, 1.82) is 0 Å². The molecule has 3 N–H and O–H groups in total. The van der Waals surface area contributed by atoms with E-state index in [-0.39, 0.29) is 23.3 Å². The number of anilines is 2. The number of rotatable bonds is 14. The molecule has 2 saturated heterocycles. The summed E-state index contributed by atoms with van der Waals surface area (Å²) in [4.78, 5) is 63.1. The fourth-order valence-electron chi connectivity index (χ4n) is 9.62. The third kappa shape index (κ3) is 13.0. The number of hydrogen-bond donors (Lipinski definition) is 3. The van der Waals surface area contributed by atoms with Crippen LogP contribution in [0.4, 0.5) is 16.2 Å². The van der Waals surface area contributed by atoms with Crippen LogP contribution in [0.2, 0.25) is 0 Å². The van der Waals surface area contributed by atoms with E-state index >= 15 is 0 Å². The molecule has 0 aliphatic carbocycles. The molecule has 0 bridgehead atoms. The summed E-state index contributed by atoms with van der Waals surface area (Å²) in [6.45, 7) is 15.2. The summed E-state index contributed by atoms with van der Waals surface area (Å²) in [6.07, 6.45) is 10.3. The van der Waals surface area contributed by atoms with Crippen LogP contribution in [0, 0.1) is 0 Å². The molecule has 0 aromatic carbocycles. The first kappa shape index (κ1) is 50.9. The molecule has 0 unspecified atom stereocenters. The van der Waals surface area contributed by atoms with E-state index in [0.29, 0.717) is 70.1 Å². The van der Waals surface area contributed by atoms with Gasteiger partial charge in [0.25, 0.3) is 11.1 Å². The maximum atomic E-state index is 13.3. The maximum absolute atomic E-state index is 13.3. The Morgan fingerprint density at radius 1 is 0.630 bits per heavy atom. The zero-order valence-electron chi connectivity index (χ0n) is 42.6. The molecule has 0 spiro atoms. The number of likely N-dealkylation sites (tertiary alicyclic amines) is 2. The molecule has 10 rings (SSSR count). The Morgan fingerprint density at radius 2 is 1.11 bits per heavy atom. The second-order valence-electron chi connectivity index (χ2n) is 19.7. The van der Waals surface area contributed by atoms with Gasteiger partial charge in [-0.3, -0.25) is 34.4 Å². The van der Waals surface area contributed by atoms with Crippen LogP contribution in [0.25, 0.3) is 22.1 Å². The number of carbonyl (C=O) groups excluding carboxylic acids is 1. The number of ether oxygens (including phenoxy) is 5. The number of nitrogens with one attached hydrogen (secondary N) is 3. The van der Waals surface area contributed by atoms with Crippen LogP contribution < -0.4 is 46.0 Å². The van der Waals surface area contributed by atoms with Gasteiger partial charge in [0.2, 0.25) is 0 Å². The minimum atomic E-state index is -0.607. The topological polar surface area (TPSA) is 205 Å². The Morgan fingerprint density at radius 3 is 1.62 bits per heavy atom. The third-order valence-electron chi connectivity index (χ3n) is 13.6. The highest BCUT2D eigenvalue weighted by Crippen LogP contribution is 2.32. The Labute approximate surface area is 425 Å². The number of carbonyl (C=O) groups is 1. The first-order valence-electron chi connectivity index (χ1n) is 25.4. The van der Waals surface area contributed by atoms with Gasteiger partial charge in [-0.25, -0.2) is 4.79 Å². The summed E-state index contributed by atoms with van der Waals surface area (Å²) in [5, 5.41) is 9.82. The SMILES string of the molecule is CNc1cnc2ccc(=O)n(CCN3CCC(N(Cc4cc5c(cn4)OCCO5)C(=O)OC(C)(C)C)CC3)c2c1.CNc1cnc2ccc(=O)n(CCN3CCC(NCc4cc5c(cn4)OCCO5)CC3)c2c1. The number of piperidine rings is 2. The van der Waals surface area contributed by atoms with Crippen LogP contribution in [0.15, 0.2) is 82.9 Å². The molecule has 73 heavy (non-hydrogen) atoms. The fourth-order valence-corrected chi connectivity index (χ4v) is 9.62. The van der Waals surface area contributed by atoms with Gasteiger partial charge in [-0.15, -0.1) is 0 Å². The predicted octanol–water partition coefficient (Wildman–Crippen LogP) is 5.36. The van der Waals surface area contributed by atoms with E-state index in [4.69, 9.17) is 23.7 Å². The lowest BCUT2D eigenvalue weighted by molar-refractivity contribution is 0.00528. The van der Waals surface area contributed by atoms with Gasteiger partial charge < -0.3 is 58.6 Å². The lowest BCUT2D eigenvalue weighted by Crippen LogP contribution is -2.49. The van der Waals surface area contributed by atoms with Gasteiger partial charge in [0.05, 0.1) is 76.2 Å². The van der Waals surface area contributed by atoms with Crippen molar-refractivity contribution in [3.63, 3.8) is 0 Å². The molecule has 6 aromatic heterocycles. The molecule has 4 aliphatic heterocycles. The monoisotopic (exact) mass is 1000 g/mol. The summed E-state index contributed by atoms with van der Waals surface area (Å²) in [5.41, 5.74) is 6.14. The van der Waals surface area contributed by atoms with Crippen molar-refractivity contribution in [3.05, 3.63) is 105 Å². The normalized spacial score (nSPS) is 16.4.